The summed E-state index contributed by atoms with van der Waals surface area (Å²) in [5, 5.41) is 3.17. The molecular weight excluding hydrogens is 362 g/mol. The second kappa shape index (κ2) is 9.55. The van der Waals surface area contributed by atoms with Gasteiger partial charge in [0, 0.05) is 29.1 Å². The molecular formula is C21H25NO6. The van der Waals surface area contributed by atoms with Crippen LogP contribution in [0.25, 0.3) is 0 Å². The van der Waals surface area contributed by atoms with Crippen molar-refractivity contribution in [2.24, 2.45) is 0 Å². The van der Waals surface area contributed by atoms with Crippen LogP contribution in [0.2, 0.25) is 0 Å². The van der Waals surface area contributed by atoms with Crippen molar-refractivity contribution in [3.63, 3.8) is 0 Å². The van der Waals surface area contributed by atoms with E-state index in [4.69, 9.17) is 23.7 Å². The van der Waals surface area contributed by atoms with E-state index in [9.17, 15) is 4.79 Å². The van der Waals surface area contributed by atoms with E-state index in [1.54, 1.807) is 45.4 Å². The van der Waals surface area contributed by atoms with Gasteiger partial charge in [0.1, 0.15) is 0 Å². The number of nitrogens with one attached hydrogen (secondary N) is 1. The Balaban J connectivity index is 2.26. The Labute approximate surface area is 164 Å². The average Bonchev–Trinajstić information content (AvgIpc) is 2.72. The van der Waals surface area contributed by atoms with Gasteiger partial charge in [-0.1, -0.05) is 0 Å². The molecule has 7 heteroatoms. The summed E-state index contributed by atoms with van der Waals surface area (Å²) >= 11 is 0. The van der Waals surface area contributed by atoms with Gasteiger partial charge < -0.3 is 29.0 Å². The Morgan fingerprint density at radius 2 is 1.36 bits per heavy atom. The van der Waals surface area contributed by atoms with Crippen molar-refractivity contribution in [3.05, 3.63) is 47.7 Å². The predicted molar refractivity (Wildman–Crippen MR) is 107 cm³/mol. The zero-order valence-corrected chi connectivity index (χ0v) is 16.9. The predicted octanol–water partition coefficient (Wildman–Crippen LogP) is 3.93. The number of ether oxygens (including phenoxy) is 5. The van der Waals surface area contributed by atoms with Crippen LogP contribution in [0.3, 0.4) is 0 Å². The summed E-state index contributed by atoms with van der Waals surface area (Å²) < 4.78 is 26.4. The highest BCUT2D eigenvalue weighted by Gasteiger charge is 2.16. The third-order valence-corrected chi connectivity index (χ3v) is 4.02. The first-order valence-electron chi connectivity index (χ1n) is 8.49. The SMILES string of the molecule is COc1ccc(NC(C)=CC(=O)c2cc(OC)c(OC)c(OC)c2)cc1OC. The molecule has 2 aromatic carbocycles. The Bertz CT molecular complexity index is 850. The highest BCUT2D eigenvalue weighted by molar-refractivity contribution is 6.06. The molecule has 0 radical (unpaired) electrons. The molecule has 0 aromatic heterocycles. The smallest absolute Gasteiger partial charge is 0.203 e. The molecule has 0 spiro atoms. The zero-order valence-electron chi connectivity index (χ0n) is 16.9. The Hall–Kier alpha value is -3.35. The van der Waals surface area contributed by atoms with Crippen LogP contribution in [0.4, 0.5) is 5.69 Å². The number of allylic oxidation sites excluding steroid dienone is 2. The minimum Gasteiger partial charge on any atom is -0.493 e. The van der Waals surface area contributed by atoms with E-state index in [-0.39, 0.29) is 5.78 Å². The number of anilines is 1. The molecule has 0 atom stereocenters. The Morgan fingerprint density at radius 1 is 0.786 bits per heavy atom. The first kappa shape index (κ1) is 21.0. The summed E-state index contributed by atoms with van der Waals surface area (Å²) in [6.07, 6.45) is 1.50. The number of ketones is 1. The van der Waals surface area contributed by atoms with Crippen molar-refractivity contribution in [1.29, 1.82) is 0 Å². The monoisotopic (exact) mass is 387 g/mol. The lowest BCUT2D eigenvalue weighted by Crippen LogP contribution is -2.04. The number of methoxy groups -OCH3 is 5. The number of carbonyl (C=O) groups is 1. The van der Waals surface area contributed by atoms with Gasteiger partial charge in [-0.2, -0.15) is 0 Å². The van der Waals surface area contributed by atoms with Gasteiger partial charge in [-0.15, -0.1) is 0 Å². The molecule has 0 saturated heterocycles. The van der Waals surface area contributed by atoms with Gasteiger partial charge in [0.2, 0.25) is 5.75 Å². The van der Waals surface area contributed by atoms with Crippen LogP contribution in [0.15, 0.2) is 42.1 Å². The third-order valence-electron chi connectivity index (χ3n) is 4.02. The molecule has 0 fully saturated rings. The van der Waals surface area contributed by atoms with Gasteiger partial charge >= 0.3 is 0 Å². The molecule has 7 nitrogen and oxygen atoms in total. The van der Waals surface area contributed by atoms with E-state index < -0.39 is 0 Å². The number of hydrogen-bond donors (Lipinski definition) is 1. The largest absolute Gasteiger partial charge is 0.493 e. The van der Waals surface area contributed by atoms with Crippen LogP contribution in [-0.4, -0.2) is 41.3 Å². The highest BCUT2D eigenvalue weighted by atomic mass is 16.5. The van der Waals surface area contributed by atoms with Gasteiger partial charge in [-0.3, -0.25) is 4.79 Å². The first-order chi connectivity index (χ1) is 13.5. The summed E-state index contributed by atoms with van der Waals surface area (Å²) in [6.45, 7) is 1.80. The lowest BCUT2D eigenvalue weighted by Gasteiger charge is -2.13. The van der Waals surface area contributed by atoms with Crippen LogP contribution in [0.5, 0.6) is 28.7 Å². The standard InChI is InChI=1S/C21H25NO6/c1-13(22-15-7-8-17(24-2)18(12-15)25-3)9-16(23)14-10-19(26-4)21(28-6)20(11-14)27-5/h7-12,22H,1-6H3. The number of hydrogen-bond acceptors (Lipinski definition) is 7. The minimum absolute atomic E-state index is 0.204. The maximum Gasteiger partial charge on any atom is 0.203 e. The van der Waals surface area contributed by atoms with Crippen LogP contribution in [0, 0.1) is 0 Å². The number of carbonyl (C=O) groups excluding carboxylic acids is 1. The van der Waals surface area contributed by atoms with Crippen LogP contribution in [0.1, 0.15) is 17.3 Å². The summed E-state index contributed by atoms with van der Waals surface area (Å²) in [6, 6.07) is 8.64. The first-order valence-corrected chi connectivity index (χ1v) is 8.49. The molecule has 0 amide bonds. The molecule has 2 rings (SSSR count). The van der Waals surface area contributed by atoms with E-state index in [0.717, 1.165) is 5.69 Å². The fourth-order valence-corrected chi connectivity index (χ4v) is 2.68. The maximum atomic E-state index is 12.7. The van der Waals surface area contributed by atoms with Crippen LogP contribution in [-0.2, 0) is 0 Å². The van der Waals surface area contributed by atoms with Gasteiger partial charge in [0.05, 0.1) is 35.5 Å². The molecule has 0 saturated carbocycles. The fraction of sp³-hybridized carbons (Fsp3) is 0.286. The Kier molecular flexibility index (Phi) is 7.14. The second-order valence-electron chi connectivity index (χ2n) is 5.80. The zero-order chi connectivity index (χ0) is 20.7. The van der Waals surface area contributed by atoms with E-state index >= 15 is 0 Å². The summed E-state index contributed by atoms with van der Waals surface area (Å²) in [5.41, 5.74) is 1.85. The van der Waals surface area contributed by atoms with Gasteiger partial charge in [0.25, 0.3) is 0 Å². The minimum atomic E-state index is -0.204. The lowest BCUT2D eigenvalue weighted by molar-refractivity contribution is 0.104. The molecule has 1 N–H and O–H groups in total. The third kappa shape index (κ3) is 4.68. The van der Waals surface area contributed by atoms with E-state index in [0.29, 0.717) is 40.0 Å². The molecule has 0 aliphatic carbocycles. The van der Waals surface area contributed by atoms with Crippen molar-refractivity contribution in [2.75, 3.05) is 40.9 Å². The topological polar surface area (TPSA) is 75.3 Å². The normalized spacial score (nSPS) is 10.9. The van der Waals surface area contributed by atoms with E-state index in [1.165, 1.54) is 27.4 Å². The molecule has 0 aliphatic rings. The van der Waals surface area contributed by atoms with Gasteiger partial charge in [0.15, 0.2) is 28.8 Å². The summed E-state index contributed by atoms with van der Waals surface area (Å²) in [7, 11) is 7.67. The van der Waals surface area contributed by atoms with E-state index in [2.05, 4.69) is 5.32 Å². The van der Waals surface area contributed by atoms with Gasteiger partial charge in [-0.25, -0.2) is 0 Å². The molecule has 150 valence electrons. The Morgan fingerprint density at radius 3 is 1.86 bits per heavy atom. The summed E-state index contributed by atoms with van der Waals surface area (Å²) in [4.78, 5) is 12.7. The molecule has 28 heavy (non-hydrogen) atoms. The molecule has 0 bridgehead atoms. The fourth-order valence-electron chi connectivity index (χ4n) is 2.68. The van der Waals surface area contributed by atoms with Crippen molar-refractivity contribution in [2.45, 2.75) is 6.92 Å². The molecule has 0 unspecified atom stereocenters. The maximum absolute atomic E-state index is 12.7. The van der Waals surface area contributed by atoms with E-state index in [1.807, 2.05) is 6.07 Å². The number of rotatable bonds is 9. The van der Waals surface area contributed by atoms with Crippen LogP contribution >= 0.6 is 0 Å². The molecule has 0 heterocycles. The molecule has 0 aliphatic heterocycles. The lowest BCUT2D eigenvalue weighted by atomic mass is 10.1. The van der Waals surface area contributed by atoms with Crippen molar-refractivity contribution < 1.29 is 28.5 Å². The van der Waals surface area contributed by atoms with Crippen LogP contribution < -0.4 is 29.0 Å². The molecule has 2 aromatic rings. The van der Waals surface area contributed by atoms with Gasteiger partial charge in [-0.05, 0) is 31.2 Å². The summed E-state index contributed by atoms with van der Waals surface area (Å²) in [5.74, 6) is 2.29. The highest BCUT2D eigenvalue weighted by Crippen LogP contribution is 2.38. The number of benzene rings is 2. The quantitative estimate of drug-likeness (QED) is 0.516. The van der Waals surface area contributed by atoms with Crippen molar-refractivity contribution >= 4 is 11.5 Å². The second-order valence-corrected chi connectivity index (χ2v) is 5.80. The van der Waals surface area contributed by atoms with Crippen molar-refractivity contribution in [1.82, 2.24) is 0 Å². The average molecular weight is 387 g/mol. The van der Waals surface area contributed by atoms with Crippen molar-refractivity contribution in [3.8, 4) is 28.7 Å².